The second kappa shape index (κ2) is 13.3. The smallest absolute Gasteiger partial charge is 0.463 e. The number of halogens is 1. The summed E-state index contributed by atoms with van der Waals surface area (Å²) in [5, 5.41) is 2.60. The summed E-state index contributed by atoms with van der Waals surface area (Å²) in [5.41, 5.74) is 0.228. The van der Waals surface area contributed by atoms with Crippen molar-refractivity contribution in [1.82, 2.24) is 5.32 Å². The number of hydrogen-bond donors (Lipinski definition) is 1. The molecule has 0 heterocycles. The number of hydrogen-bond acceptors (Lipinski definition) is 7. The Labute approximate surface area is 191 Å². The molecule has 1 unspecified atom stereocenters. The van der Waals surface area contributed by atoms with Crippen LogP contribution in [0.5, 0.6) is 0 Å². The van der Waals surface area contributed by atoms with Crippen molar-refractivity contribution in [2.24, 2.45) is 11.3 Å². The van der Waals surface area contributed by atoms with Gasteiger partial charge in [0, 0.05) is 5.41 Å². The van der Waals surface area contributed by atoms with E-state index in [1.165, 1.54) is 0 Å². The van der Waals surface area contributed by atoms with Gasteiger partial charge < -0.3 is 24.3 Å². The highest BCUT2D eigenvalue weighted by Crippen LogP contribution is 2.18. The summed E-state index contributed by atoms with van der Waals surface area (Å²) in [6.07, 6.45) is -0.803. The molecule has 0 spiro atoms. The number of alkyl halides is 1. The SMILES string of the molecule is CCC(C)[C@H](NC(=O)OCc1ccccc1)C(=O)OCC(C)(C)COC(=O)OCI. The third-order valence-corrected chi connectivity index (χ3v) is 4.62. The van der Waals surface area contributed by atoms with E-state index >= 15 is 0 Å². The van der Waals surface area contributed by atoms with Crippen molar-refractivity contribution in [1.29, 1.82) is 0 Å². The minimum absolute atomic E-state index is 0.0109. The molecule has 0 saturated heterocycles. The second-order valence-electron chi connectivity index (χ2n) is 7.63. The van der Waals surface area contributed by atoms with Crippen molar-refractivity contribution < 1.29 is 33.3 Å². The number of carbonyl (C=O) groups is 3. The minimum Gasteiger partial charge on any atom is -0.463 e. The molecule has 30 heavy (non-hydrogen) atoms. The quantitative estimate of drug-likeness (QED) is 0.194. The molecule has 1 rings (SSSR count). The standard InChI is InChI=1S/C21H30INO7/c1-5-15(2)17(23-19(25)27-11-16-9-7-6-8-10-16)18(24)28-12-21(3,4)13-29-20(26)30-14-22/h6-10,15,17H,5,11-14H2,1-4H3,(H,23,25)/t15?,17-/m0/s1. The van der Waals surface area contributed by atoms with Crippen LogP contribution in [0.4, 0.5) is 9.59 Å². The molecule has 9 heteroatoms. The Morgan fingerprint density at radius 2 is 1.67 bits per heavy atom. The van der Waals surface area contributed by atoms with Crippen LogP contribution >= 0.6 is 22.6 Å². The Morgan fingerprint density at radius 3 is 2.27 bits per heavy atom. The van der Waals surface area contributed by atoms with E-state index in [1.54, 1.807) is 13.8 Å². The van der Waals surface area contributed by atoms with E-state index in [1.807, 2.05) is 66.8 Å². The van der Waals surface area contributed by atoms with Crippen molar-refractivity contribution >= 4 is 40.8 Å². The highest BCUT2D eigenvalue weighted by atomic mass is 127. The van der Waals surface area contributed by atoms with Crippen molar-refractivity contribution in [3.05, 3.63) is 35.9 Å². The summed E-state index contributed by atoms with van der Waals surface area (Å²) >= 11 is 1.89. The van der Waals surface area contributed by atoms with Gasteiger partial charge in [-0.1, -0.05) is 64.4 Å². The Balaban J connectivity index is 2.57. The number of rotatable bonds is 11. The predicted molar refractivity (Wildman–Crippen MR) is 119 cm³/mol. The summed E-state index contributed by atoms with van der Waals surface area (Å²) in [7, 11) is 0. The zero-order valence-electron chi connectivity index (χ0n) is 17.8. The lowest BCUT2D eigenvalue weighted by molar-refractivity contribution is -0.151. The molecule has 0 aliphatic heterocycles. The third kappa shape index (κ3) is 10.1. The molecule has 0 bridgehead atoms. The van der Waals surface area contributed by atoms with E-state index in [2.05, 4.69) is 5.32 Å². The molecule has 0 saturated carbocycles. The molecule has 168 valence electrons. The van der Waals surface area contributed by atoms with Crippen molar-refractivity contribution in [2.75, 3.05) is 17.8 Å². The normalized spacial score (nSPS) is 13.0. The summed E-state index contributed by atoms with van der Waals surface area (Å²) in [5.74, 6) is -0.719. The lowest BCUT2D eigenvalue weighted by Crippen LogP contribution is -2.47. The van der Waals surface area contributed by atoms with Crippen LogP contribution in [0.25, 0.3) is 0 Å². The number of esters is 1. The predicted octanol–water partition coefficient (Wildman–Crippen LogP) is 4.44. The number of carbonyl (C=O) groups excluding carboxylic acids is 3. The third-order valence-electron chi connectivity index (χ3n) is 4.31. The molecule has 2 atom stereocenters. The van der Waals surface area contributed by atoms with Crippen LogP contribution in [-0.4, -0.2) is 42.1 Å². The van der Waals surface area contributed by atoms with Crippen LogP contribution in [0, 0.1) is 11.3 Å². The lowest BCUT2D eigenvalue weighted by atomic mass is 9.96. The average molecular weight is 535 g/mol. The molecule has 0 aliphatic rings. The fourth-order valence-electron chi connectivity index (χ4n) is 2.30. The molecule has 0 fully saturated rings. The first-order chi connectivity index (χ1) is 14.2. The van der Waals surface area contributed by atoms with E-state index in [4.69, 9.17) is 18.9 Å². The first kappa shape index (κ1) is 26.0. The Morgan fingerprint density at radius 1 is 1.03 bits per heavy atom. The fraction of sp³-hybridized carbons (Fsp3) is 0.571. The Kier molecular flexibility index (Phi) is 11.5. The molecule has 1 amide bonds. The maximum absolute atomic E-state index is 12.6. The zero-order valence-corrected chi connectivity index (χ0v) is 20.0. The van der Waals surface area contributed by atoms with Crippen molar-refractivity contribution in [3.8, 4) is 0 Å². The highest BCUT2D eigenvalue weighted by Gasteiger charge is 2.30. The molecule has 0 radical (unpaired) electrons. The first-order valence-electron chi connectivity index (χ1n) is 9.68. The Hall–Kier alpha value is -2.04. The zero-order chi connectivity index (χ0) is 22.6. The average Bonchev–Trinajstić information content (AvgIpc) is 2.73. The van der Waals surface area contributed by atoms with Crippen molar-refractivity contribution in [3.63, 3.8) is 0 Å². The van der Waals surface area contributed by atoms with Gasteiger partial charge >= 0.3 is 18.2 Å². The molecular formula is C21H30INO7. The molecule has 0 aliphatic carbocycles. The van der Waals surface area contributed by atoms with Gasteiger partial charge in [0.05, 0.1) is 6.61 Å². The van der Waals surface area contributed by atoms with Gasteiger partial charge in [0.25, 0.3) is 0 Å². The maximum atomic E-state index is 12.6. The molecule has 8 nitrogen and oxygen atoms in total. The first-order valence-corrected chi connectivity index (χ1v) is 11.2. The summed E-state index contributed by atoms with van der Waals surface area (Å²) in [6, 6.07) is 8.41. The molecular weight excluding hydrogens is 505 g/mol. The van der Waals surface area contributed by atoms with E-state index in [0.717, 1.165) is 5.56 Å². The minimum atomic E-state index is -0.848. The summed E-state index contributed by atoms with van der Waals surface area (Å²) in [4.78, 5) is 36.1. The molecule has 1 aromatic carbocycles. The monoisotopic (exact) mass is 535 g/mol. The maximum Gasteiger partial charge on any atom is 0.509 e. The number of alkyl carbamates (subject to hydrolysis) is 1. The molecule has 0 aromatic heterocycles. The lowest BCUT2D eigenvalue weighted by Gasteiger charge is -2.27. The van der Waals surface area contributed by atoms with E-state index in [0.29, 0.717) is 6.42 Å². The number of ether oxygens (including phenoxy) is 4. The van der Waals surface area contributed by atoms with Gasteiger partial charge in [-0.2, -0.15) is 0 Å². The van der Waals surface area contributed by atoms with Crippen molar-refractivity contribution in [2.45, 2.75) is 46.8 Å². The van der Waals surface area contributed by atoms with Crippen LogP contribution in [0.1, 0.15) is 39.7 Å². The molecule has 1 N–H and O–H groups in total. The van der Waals surface area contributed by atoms with Gasteiger partial charge in [-0.3, -0.25) is 0 Å². The summed E-state index contributed by atoms with van der Waals surface area (Å²) < 4.78 is 20.5. The largest absolute Gasteiger partial charge is 0.509 e. The van der Waals surface area contributed by atoms with Gasteiger partial charge in [-0.15, -0.1) is 0 Å². The Bertz CT molecular complexity index is 681. The van der Waals surface area contributed by atoms with Gasteiger partial charge in [0.1, 0.15) is 23.9 Å². The second-order valence-corrected chi connectivity index (χ2v) is 8.26. The van der Waals surface area contributed by atoms with Crippen LogP contribution in [-0.2, 0) is 30.3 Å². The van der Waals surface area contributed by atoms with E-state index < -0.39 is 29.7 Å². The van der Waals surface area contributed by atoms with Crippen LogP contribution in [0.15, 0.2) is 30.3 Å². The van der Waals surface area contributed by atoms with Crippen LogP contribution in [0.2, 0.25) is 0 Å². The van der Waals surface area contributed by atoms with Gasteiger partial charge in [-0.25, -0.2) is 14.4 Å². The number of amides is 1. The fourth-order valence-corrected chi connectivity index (χ4v) is 2.55. The van der Waals surface area contributed by atoms with E-state index in [-0.39, 0.29) is 30.4 Å². The van der Waals surface area contributed by atoms with Gasteiger partial charge in [0.15, 0.2) is 0 Å². The van der Waals surface area contributed by atoms with Crippen LogP contribution < -0.4 is 5.32 Å². The number of nitrogens with one attached hydrogen (secondary N) is 1. The van der Waals surface area contributed by atoms with Gasteiger partial charge in [-0.05, 0) is 34.1 Å². The van der Waals surface area contributed by atoms with Gasteiger partial charge in [0.2, 0.25) is 0 Å². The number of benzene rings is 1. The van der Waals surface area contributed by atoms with E-state index in [9.17, 15) is 14.4 Å². The summed E-state index contributed by atoms with van der Waals surface area (Å²) in [6.45, 7) is 7.48. The molecule has 1 aromatic rings. The highest BCUT2D eigenvalue weighted by molar-refractivity contribution is 14.1. The van der Waals surface area contributed by atoms with Crippen LogP contribution in [0.3, 0.4) is 0 Å². The topological polar surface area (TPSA) is 100 Å².